The van der Waals surface area contributed by atoms with E-state index in [1.807, 2.05) is 54.6 Å². The molecular formula is C33H41BrF2O5S2. The van der Waals surface area contributed by atoms with Gasteiger partial charge in [-0.1, -0.05) is 145 Å². The lowest BCUT2D eigenvalue weighted by Gasteiger charge is -2.39. The molecule has 0 atom stereocenters. The van der Waals surface area contributed by atoms with Crippen LogP contribution in [0.4, 0.5) is 8.78 Å². The highest BCUT2D eigenvalue weighted by Gasteiger charge is 2.58. The molecule has 0 heterocycles. The molecule has 0 N–H and O–H groups in total. The first-order valence-electron chi connectivity index (χ1n) is 14.6. The Morgan fingerprint density at radius 1 is 0.628 bits per heavy atom. The molecule has 0 aliphatic carbocycles. The Morgan fingerprint density at radius 3 is 1.40 bits per heavy atom. The van der Waals surface area contributed by atoms with Gasteiger partial charge in [-0.05, 0) is 29.5 Å². The fraction of sp³-hybridized carbons (Fsp3) is 0.424. The summed E-state index contributed by atoms with van der Waals surface area (Å²) in [7, 11) is -8.57. The van der Waals surface area contributed by atoms with Gasteiger partial charge in [-0.15, -0.1) is 10.3 Å². The minimum Gasteiger partial charge on any atom is -0.460 e. The summed E-state index contributed by atoms with van der Waals surface area (Å²) in [4.78, 5) is 12.5. The van der Waals surface area contributed by atoms with Gasteiger partial charge in [0.2, 0.25) is 0 Å². The van der Waals surface area contributed by atoms with Crippen molar-refractivity contribution in [2.24, 2.45) is 0 Å². The van der Waals surface area contributed by atoms with Gasteiger partial charge in [-0.2, -0.15) is 17.2 Å². The van der Waals surface area contributed by atoms with Gasteiger partial charge in [0.1, 0.15) is 0 Å². The van der Waals surface area contributed by atoms with Crippen LogP contribution >= 0.6 is 26.2 Å². The normalized spacial score (nSPS) is 12.6. The third-order valence-corrected chi connectivity index (χ3v) is 12.7. The Labute approximate surface area is 265 Å². The maximum atomic E-state index is 15.3. The molecule has 0 spiro atoms. The fourth-order valence-corrected chi connectivity index (χ4v) is 10.5. The van der Waals surface area contributed by atoms with Crippen LogP contribution in [-0.2, 0) is 40.5 Å². The number of carbonyl (C=O) groups excluding carboxylic acids is 1. The molecule has 0 amide bonds. The zero-order valence-electron chi connectivity index (χ0n) is 24.3. The van der Waals surface area contributed by atoms with E-state index in [0.29, 0.717) is 12.8 Å². The van der Waals surface area contributed by atoms with Crippen LogP contribution in [0.3, 0.4) is 0 Å². The van der Waals surface area contributed by atoms with Crippen molar-refractivity contribution in [3.8, 4) is 0 Å². The predicted molar refractivity (Wildman–Crippen MR) is 175 cm³/mol. The Kier molecular flexibility index (Phi) is 14.6. The van der Waals surface area contributed by atoms with E-state index in [1.165, 1.54) is 6.42 Å². The highest BCUT2D eigenvalue weighted by atomic mass is 79.9. The molecule has 3 aromatic carbocycles. The van der Waals surface area contributed by atoms with Gasteiger partial charge >= 0.3 is 21.3 Å². The molecule has 3 aromatic rings. The highest BCUT2D eigenvalue weighted by Crippen LogP contribution is 2.60. The van der Waals surface area contributed by atoms with Crippen molar-refractivity contribution in [1.29, 1.82) is 0 Å². The summed E-state index contributed by atoms with van der Waals surface area (Å²) in [6.07, 6.45) is 7.56. The summed E-state index contributed by atoms with van der Waals surface area (Å²) < 4.78 is 67.7. The van der Waals surface area contributed by atoms with Gasteiger partial charge in [0.15, 0.2) is 0 Å². The quantitative estimate of drug-likeness (QED) is 0.0668. The monoisotopic (exact) mass is 698 g/mol. The van der Waals surface area contributed by atoms with Crippen molar-refractivity contribution in [2.75, 3.05) is 11.9 Å². The van der Waals surface area contributed by atoms with Gasteiger partial charge in [-0.25, -0.2) is 8.42 Å². The number of alkyl halides is 3. The molecule has 0 aliphatic rings. The molecule has 0 saturated carbocycles. The molecule has 0 fully saturated rings. The summed E-state index contributed by atoms with van der Waals surface area (Å²) in [5, 5.41) is -3.86. The van der Waals surface area contributed by atoms with Crippen LogP contribution in [0.5, 0.6) is 0 Å². The van der Waals surface area contributed by atoms with Crippen molar-refractivity contribution in [1.82, 2.24) is 0 Å². The van der Waals surface area contributed by atoms with Gasteiger partial charge in [-0.3, -0.25) is 0 Å². The Hall–Kier alpha value is -2.27. The van der Waals surface area contributed by atoms with Crippen LogP contribution in [0.2, 0.25) is 0 Å². The number of esters is 1. The molecule has 0 aromatic heterocycles. The molecule has 5 nitrogen and oxygen atoms in total. The maximum absolute atomic E-state index is 15.3. The first-order chi connectivity index (χ1) is 20.7. The molecule has 0 saturated heterocycles. The Balaban J connectivity index is 1.76. The van der Waals surface area contributed by atoms with Crippen molar-refractivity contribution in [2.45, 2.75) is 73.9 Å². The minimum absolute atomic E-state index is 0.0953. The van der Waals surface area contributed by atoms with Crippen molar-refractivity contribution in [3.63, 3.8) is 0 Å². The third kappa shape index (κ3) is 11.6. The number of carbonyl (C=O) groups is 1. The van der Waals surface area contributed by atoms with Crippen LogP contribution < -0.4 is 0 Å². The molecule has 10 heteroatoms. The first kappa shape index (κ1) is 35.2. The van der Waals surface area contributed by atoms with E-state index in [2.05, 4.69) is 15.9 Å². The van der Waals surface area contributed by atoms with Crippen molar-refractivity contribution >= 4 is 42.3 Å². The molecule has 0 bridgehead atoms. The van der Waals surface area contributed by atoms with Crippen LogP contribution in [-0.4, -0.2) is 31.6 Å². The van der Waals surface area contributed by atoms with Crippen LogP contribution in [0.15, 0.2) is 91.0 Å². The number of hydrogen-bond acceptors (Lipinski definition) is 5. The maximum Gasteiger partial charge on any atom is 0.466 e. The largest absolute Gasteiger partial charge is 0.466 e. The second-order valence-electron chi connectivity index (χ2n) is 10.5. The molecule has 43 heavy (non-hydrogen) atoms. The van der Waals surface area contributed by atoms with Crippen molar-refractivity contribution < 1.29 is 30.4 Å². The average Bonchev–Trinajstić information content (AvgIpc) is 2.99. The van der Waals surface area contributed by atoms with Gasteiger partial charge in [0, 0.05) is 22.6 Å². The number of halogens is 3. The molecule has 3 rings (SSSR count). The number of hydrogen-bond donors (Lipinski definition) is 0. The standard InChI is InChI=1S/C33H41BrF2O5S2/c34-24-16-5-3-1-2-4-6-17-25-40-32(37)33(35,36)43(38,39)41-42(26-29-18-10-7-11-19-29,27-30-20-12-8-13-21-30)28-31-22-14-9-15-23-31/h7-15,18-23H,1-6,16-17,24-28H2. The topological polar surface area (TPSA) is 69.7 Å². The first-order valence-corrected chi connectivity index (χ1v) is 19.2. The highest BCUT2D eigenvalue weighted by molar-refractivity contribution is 9.09. The van der Waals surface area contributed by atoms with E-state index in [9.17, 15) is 13.2 Å². The number of unbranched alkanes of at least 4 members (excludes halogenated alkanes) is 7. The second-order valence-corrected chi connectivity index (χ2v) is 16.1. The summed E-state index contributed by atoms with van der Waals surface area (Å²) in [5.74, 6) is -1.82. The molecule has 236 valence electrons. The van der Waals surface area contributed by atoms with Gasteiger partial charge in [0.25, 0.3) is 0 Å². The molecule has 0 unspecified atom stereocenters. The lowest BCUT2D eigenvalue weighted by Crippen LogP contribution is -2.41. The molecule has 0 aliphatic heterocycles. The summed E-state index contributed by atoms with van der Waals surface area (Å²) >= 11 is 3.41. The van der Waals surface area contributed by atoms with E-state index < -0.39 is 31.7 Å². The predicted octanol–water partition coefficient (Wildman–Crippen LogP) is 9.30. The zero-order valence-corrected chi connectivity index (χ0v) is 27.6. The second kappa shape index (κ2) is 17.9. The average molecular weight is 700 g/mol. The summed E-state index contributed by atoms with van der Waals surface area (Å²) in [6, 6.07) is 27.1. The summed E-state index contributed by atoms with van der Waals surface area (Å²) in [5.41, 5.74) is 2.23. The van der Waals surface area contributed by atoms with Crippen molar-refractivity contribution in [3.05, 3.63) is 108 Å². The Bertz CT molecular complexity index is 1230. The lowest BCUT2D eigenvalue weighted by molar-refractivity contribution is -0.161. The van der Waals surface area contributed by atoms with Crippen LogP contribution in [0, 0.1) is 0 Å². The Morgan fingerprint density at radius 2 is 1.00 bits per heavy atom. The lowest BCUT2D eigenvalue weighted by atomic mass is 10.1. The van der Waals surface area contributed by atoms with E-state index in [0.717, 1.165) is 54.1 Å². The van der Waals surface area contributed by atoms with E-state index in [1.54, 1.807) is 36.4 Å². The van der Waals surface area contributed by atoms with Crippen LogP contribution in [0.1, 0.15) is 68.1 Å². The van der Waals surface area contributed by atoms with Gasteiger partial charge < -0.3 is 4.74 Å². The number of benzene rings is 3. The molecule has 0 radical (unpaired) electrons. The van der Waals surface area contributed by atoms with Crippen LogP contribution in [0.25, 0.3) is 0 Å². The van der Waals surface area contributed by atoms with E-state index in [-0.39, 0.29) is 23.9 Å². The third-order valence-electron chi connectivity index (χ3n) is 6.86. The fourth-order valence-electron chi connectivity index (χ4n) is 4.70. The number of rotatable bonds is 20. The van der Waals surface area contributed by atoms with E-state index >= 15 is 8.78 Å². The SMILES string of the molecule is O=C(OCCCCCCCCCCBr)C(F)(F)S(=O)(=O)OS(Cc1ccccc1)(Cc1ccccc1)Cc1ccccc1. The van der Waals surface area contributed by atoms with E-state index in [4.69, 9.17) is 8.37 Å². The smallest absolute Gasteiger partial charge is 0.460 e. The summed E-state index contributed by atoms with van der Waals surface area (Å²) in [6.45, 7) is -0.274. The zero-order chi connectivity index (χ0) is 31.0. The number of ether oxygens (including phenoxy) is 1. The van der Waals surface area contributed by atoms with Gasteiger partial charge in [0.05, 0.1) is 6.61 Å². The minimum atomic E-state index is -5.71. The molecular weight excluding hydrogens is 658 g/mol.